The van der Waals surface area contributed by atoms with Crippen LogP contribution in [0.3, 0.4) is 0 Å². The zero-order valence-electron chi connectivity index (χ0n) is 13.1. The van der Waals surface area contributed by atoms with Crippen LogP contribution in [-0.4, -0.2) is 12.6 Å². The zero-order valence-corrected chi connectivity index (χ0v) is 15.3. The Hall–Kier alpha value is -0.870. The van der Waals surface area contributed by atoms with Gasteiger partial charge in [0.05, 0.1) is 0 Å². The minimum absolute atomic E-state index is 0.497. The molecular formula is C19H24IN. The number of hydrogen-bond acceptors (Lipinski definition) is 1. The maximum Gasteiger partial charge on any atom is 0.0148 e. The van der Waals surface area contributed by atoms with E-state index in [-0.39, 0.29) is 0 Å². The van der Waals surface area contributed by atoms with E-state index in [1.807, 2.05) is 0 Å². The van der Waals surface area contributed by atoms with Crippen LogP contribution in [0.2, 0.25) is 0 Å². The van der Waals surface area contributed by atoms with Gasteiger partial charge in [-0.15, -0.1) is 0 Å². The van der Waals surface area contributed by atoms with Crippen molar-refractivity contribution in [3.8, 4) is 0 Å². The molecule has 2 rings (SSSR count). The van der Waals surface area contributed by atoms with Crippen molar-refractivity contribution in [1.29, 1.82) is 0 Å². The quantitative estimate of drug-likeness (QED) is 0.704. The lowest BCUT2D eigenvalue weighted by Crippen LogP contribution is -2.33. The van der Waals surface area contributed by atoms with Gasteiger partial charge in [-0.2, -0.15) is 0 Å². The number of halogens is 1. The molecule has 2 heteroatoms. The van der Waals surface area contributed by atoms with Gasteiger partial charge >= 0.3 is 0 Å². The molecule has 0 aliphatic heterocycles. The SMILES string of the molecule is CCNC(Cc1ccc(I)cc1)Cc1cc(C)cc(C)c1. The summed E-state index contributed by atoms with van der Waals surface area (Å²) in [5.74, 6) is 0. The first-order chi connectivity index (χ1) is 10.1. The molecule has 1 unspecified atom stereocenters. The summed E-state index contributed by atoms with van der Waals surface area (Å²) < 4.78 is 1.30. The third kappa shape index (κ3) is 5.44. The number of aryl methyl sites for hydroxylation is 2. The monoisotopic (exact) mass is 393 g/mol. The van der Waals surface area contributed by atoms with E-state index < -0.39 is 0 Å². The van der Waals surface area contributed by atoms with Crippen LogP contribution in [0.5, 0.6) is 0 Å². The second kappa shape index (κ2) is 7.95. The van der Waals surface area contributed by atoms with Crippen LogP contribution in [-0.2, 0) is 12.8 Å². The fraction of sp³-hybridized carbons (Fsp3) is 0.368. The molecule has 0 aliphatic rings. The van der Waals surface area contributed by atoms with Crippen LogP contribution in [0.15, 0.2) is 42.5 Å². The van der Waals surface area contributed by atoms with Crippen LogP contribution < -0.4 is 5.32 Å². The predicted molar refractivity (Wildman–Crippen MR) is 99.9 cm³/mol. The van der Waals surface area contributed by atoms with E-state index in [0.717, 1.165) is 19.4 Å². The highest BCUT2D eigenvalue weighted by atomic mass is 127. The molecule has 1 atom stereocenters. The Bertz CT molecular complexity index is 554. The van der Waals surface area contributed by atoms with Crippen molar-refractivity contribution in [2.24, 2.45) is 0 Å². The van der Waals surface area contributed by atoms with E-state index in [2.05, 4.69) is 91.1 Å². The smallest absolute Gasteiger partial charge is 0.0148 e. The van der Waals surface area contributed by atoms with E-state index >= 15 is 0 Å². The number of nitrogens with one attached hydrogen (secondary N) is 1. The van der Waals surface area contributed by atoms with Gasteiger partial charge in [0.25, 0.3) is 0 Å². The molecule has 0 saturated heterocycles. The van der Waals surface area contributed by atoms with Crippen LogP contribution >= 0.6 is 22.6 Å². The lowest BCUT2D eigenvalue weighted by Gasteiger charge is -2.19. The van der Waals surface area contributed by atoms with Crippen molar-refractivity contribution in [1.82, 2.24) is 5.32 Å². The lowest BCUT2D eigenvalue weighted by atomic mass is 9.97. The number of rotatable bonds is 6. The summed E-state index contributed by atoms with van der Waals surface area (Å²) in [6.07, 6.45) is 2.17. The van der Waals surface area contributed by atoms with Crippen molar-refractivity contribution < 1.29 is 0 Å². The standard InChI is InChI=1S/C19H24IN/c1-4-21-19(12-16-5-7-18(20)8-6-16)13-17-10-14(2)9-15(3)11-17/h5-11,19,21H,4,12-13H2,1-3H3. The lowest BCUT2D eigenvalue weighted by molar-refractivity contribution is 0.521. The molecule has 0 heterocycles. The molecule has 2 aromatic rings. The van der Waals surface area contributed by atoms with Crippen molar-refractivity contribution in [3.05, 3.63) is 68.3 Å². The summed E-state index contributed by atoms with van der Waals surface area (Å²) >= 11 is 2.36. The molecule has 0 aromatic heterocycles. The van der Waals surface area contributed by atoms with Crippen molar-refractivity contribution in [2.75, 3.05) is 6.54 Å². The number of benzene rings is 2. The molecule has 0 spiro atoms. The van der Waals surface area contributed by atoms with Gasteiger partial charge in [-0.25, -0.2) is 0 Å². The number of likely N-dealkylation sites (N-methyl/N-ethyl adjacent to an activating group) is 1. The Morgan fingerprint density at radius 2 is 1.48 bits per heavy atom. The first kappa shape index (κ1) is 16.5. The van der Waals surface area contributed by atoms with Crippen LogP contribution in [0.1, 0.15) is 29.2 Å². The van der Waals surface area contributed by atoms with E-state index in [1.165, 1.54) is 25.8 Å². The minimum atomic E-state index is 0.497. The maximum absolute atomic E-state index is 3.63. The van der Waals surface area contributed by atoms with Crippen molar-refractivity contribution in [3.63, 3.8) is 0 Å². The first-order valence-corrected chi connectivity index (χ1v) is 8.69. The normalized spacial score (nSPS) is 12.4. The number of hydrogen-bond donors (Lipinski definition) is 1. The molecule has 0 fully saturated rings. The molecule has 112 valence electrons. The van der Waals surface area contributed by atoms with Crippen molar-refractivity contribution in [2.45, 2.75) is 39.7 Å². The Kier molecular flexibility index (Phi) is 6.24. The Labute approximate surface area is 142 Å². The fourth-order valence-corrected chi connectivity index (χ4v) is 3.24. The summed E-state index contributed by atoms with van der Waals surface area (Å²) in [5.41, 5.74) is 5.55. The third-order valence-corrected chi connectivity index (χ3v) is 4.37. The molecule has 0 radical (unpaired) electrons. The molecule has 0 aliphatic carbocycles. The Balaban J connectivity index is 2.09. The molecule has 1 N–H and O–H groups in total. The highest BCUT2D eigenvalue weighted by Crippen LogP contribution is 2.14. The molecular weight excluding hydrogens is 369 g/mol. The minimum Gasteiger partial charge on any atom is -0.314 e. The van der Waals surface area contributed by atoms with Gasteiger partial charge < -0.3 is 5.32 Å². The Morgan fingerprint density at radius 1 is 0.905 bits per heavy atom. The van der Waals surface area contributed by atoms with Gasteiger partial charge in [0.1, 0.15) is 0 Å². The topological polar surface area (TPSA) is 12.0 Å². The van der Waals surface area contributed by atoms with E-state index in [1.54, 1.807) is 0 Å². The summed E-state index contributed by atoms with van der Waals surface area (Å²) in [7, 11) is 0. The largest absolute Gasteiger partial charge is 0.314 e. The average Bonchev–Trinajstić information content (AvgIpc) is 2.40. The summed E-state index contributed by atoms with van der Waals surface area (Å²) in [6, 6.07) is 16.2. The molecule has 0 amide bonds. The molecule has 21 heavy (non-hydrogen) atoms. The third-order valence-electron chi connectivity index (χ3n) is 3.65. The van der Waals surface area contributed by atoms with Crippen molar-refractivity contribution >= 4 is 22.6 Å². The predicted octanol–water partition coefficient (Wildman–Crippen LogP) is 4.67. The van der Waals surface area contributed by atoms with E-state index in [4.69, 9.17) is 0 Å². The average molecular weight is 393 g/mol. The summed E-state index contributed by atoms with van der Waals surface area (Å²) in [4.78, 5) is 0. The fourth-order valence-electron chi connectivity index (χ4n) is 2.88. The van der Waals surface area contributed by atoms with Gasteiger partial charge in [0.2, 0.25) is 0 Å². The van der Waals surface area contributed by atoms with E-state index in [0.29, 0.717) is 6.04 Å². The maximum atomic E-state index is 3.63. The van der Waals surface area contributed by atoms with Gasteiger partial charge in [0, 0.05) is 9.61 Å². The van der Waals surface area contributed by atoms with Gasteiger partial charge in [-0.05, 0) is 79.1 Å². The summed E-state index contributed by atoms with van der Waals surface area (Å²) in [5, 5.41) is 3.63. The molecule has 2 aromatic carbocycles. The molecule has 0 saturated carbocycles. The first-order valence-electron chi connectivity index (χ1n) is 7.62. The highest BCUT2D eigenvalue weighted by molar-refractivity contribution is 14.1. The molecule has 0 bridgehead atoms. The van der Waals surface area contributed by atoms with Gasteiger partial charge in [0.15, 0.2) is 0 Å². The van der Waals surface area contributed by atoms with Gasteiger partial charge in [-0.1, -0.05) is 48.4 Å². The summed E-state index contributed by atoms with van der Waals surface area (Å²) in [6.45, 7) is 7.55. The van der Waals surface area contributed by atoms with Gasteiger partial charge in [-0.3, -0.25) is 0 Å². The van der Waals surface area contributed by atoms with Crippen LogP contribution in [0, 0.1) is 17.4 Å². The zero-order chi connectivity index (χ0) is 15.2. The van der Waals surface area contributed by atoms with E-state index in [9.17, 15) is 0 Å². The Morgan fingerprint density at radius 3 is 2.05 bits per heavy atom. The van der Waals surface area contributed by atoms with Crippen LogP contribution in [0.25, 0.3) is 0 Å². The second-order valence-corrected chi connectivity index (χ2v) is 7.03. The highest BCUT2D eigenvalue weighted by Gasteiger charge is 2.10. The van der Waals surface area contributed by atoms with Crippen LogP contribution in [0.4, 0.5) is 0 Å². The second-order valence-electron chi connectivity index (χ2n) is 5.79. The molecule has 1 nitrogen and oxygen atoms in total.